The molecule has 128 valence electrons. The van der Waals surface area contributed by atoms with E-state index in [9.17, 15) is 14.4 Å². The third-order valence-electron chi connectivity index (χ3n) is 3.02. The number of carbonyl (C=O) groups is 3. The summed E-state index contributed by atoms with van der Waals surface area (Å²) >= 11 is 2.96. The molecule has 0 unspecified atom stereocenters. The second-order valence-corrected chi connectivity index (χ2v) is 6.85. The van der Waals surface area contributed by atoms with Crippen molar-refractivity contribution in [2.75, 3.05) is 19.8 Å². The van der Waals surface area contributed by atoms with Gasteiger partial charge in [0.25, 0.3) is 11.1 Å². The van der Waals surface area contributed by atoms with Crippen molar-refractivity contribution in [1.82, 2.24) is 4.90 Å². The molecule has 24 heavy (non-hydrogen) atoms. The summed E-state index contributed by atoms with van der Waals surface area (Å²) in [5.74, 6) is -0.315. The molecule has 1 aromatic carbocycles. The molecule has 1 fully saturated rings. The van der Waals surface area contributed by atoms with E-state index in [1.807, 2.05) is 25.1 Å². The zero-order valence-corrected chi connectivity index (χ0v) is 16.2. The zero-order valence-electron chi connectivity index (χ0n) is 13.2. The molecule has 1 saturated heterocycles. The highest BCUT2D eigenvalue weighted by atomic mass is 127. The van der Waals surface area contributed by atoms with Crippen LogP contribution in [0.2, 0.25) is 0 Å². The largest absolute Gasteiger partial charge is 0.493 e. The molecule has 1 aromatic rings. The van der Waals surface area contributed by atoms with E-state index in [-0.39, 0.29) is 18.1 Å². The number of imide groups is 1. The maximum atomic E-state index is 12.3. The summed E-state index contributed by atoms with van der Waals surface area (Å²) in [6, 6.07) is 5.50. The Bertz CT molecular complexity index is 704. The number of nitrogens with zero attached hydrogens (tertiary/aromatic N) is 1. The van der Waals surface area contributed by atoms with E-state index in [1.165, 1.54) is 0 Å². The third-order valence-corrected chi connectivity index (χ3v) is 4.77. The first-order valence-corrected chi connectivity index (χ1v) is 9.19. The predicted octanol–water partition coefficient (Wildman–Crippen LogP) is 3.29. The Morgan fingerprint density at radius 2 is 2.04 bits per heavy atom. The highest BCUT2D eigenvalue weighted by Gasteiger charge is 2.36. The molecule has 0 aliphatic carbocycles. The van der Waals surface area contributed by atoms with Crippen LogP contribution in [0.1, 0.15) is 19.4 Å². The van der Waals surface area contributed by atoms with Gasteiger partial charge in [0.05, 0.1) is 21.7 Å². The normalized spacial score (nSPS) is 16.0. The second-order valence-electron chi connectivity index (χ2n) is 4.70. The van der Waals surface area contributed by atoms with Gasteiger partial charge in [-0.1, -0.05) is 6.07 Å². The predicted molar refractivity (Wildman–Crippen MR) is 99.6 cm³/mol. The number of thioether (sulfide) groups is 1. The minimum absolute atomic E-state index is 0.204. The molecule has 6 nitrogen and oxygen atoms in total. The van der Waals surface area contributed by atoms with Crippen LogP contribution in [0, 0.1) is 3.57 Å². The van der Waals surface area contributed by atoms with Crippen molar-refractivity contribution in [3.8, 4) is 5.75 Å². The highest BCUT2D eigenvalue weighted by Crippen LogP contribution is 2.33. The molecular weight excluding hydrogens is 445 g/mol. The Kier molecular flexibility index (Phi) is 6.67. The summed E-state index contributed by atoms with van der Waals surface area (Å²) in [5.41, 5.74) is 0.782. The minimum Gasteiger partial charge on any atom is -0.493 e. The number of rotatable bonds is 6. The molecule has 2 amide bonds. The molecule has 8 heteroatoms. The number of hydrogen-bond donors (Lipinski definition) is 0. The Balaban J connectivity index is 2.16. The van der Waals surface area contributed by atoms with Crippen LogP contribution in [0.5, 0.6) is 5.75 Å². The van der Waals surface area contributed by atoms with Crippen LogP contribution < -0.4 is 4.74 Å². The van der Waals surface area contributed by atoms with Crippen molar-refractivity contribution in [3.05, 3.63) is 32.2 Å². The average molecular weight is 461 g/mol. The van der Waals surface area contributed by atoms with Gasteiger partial charge in [0.1, 0.15) is 12.3 Å². The summed E-state index contributed by atoms with van der Waals surface area (Å²) in [6.45, 7) is 3.98. The first-order valence-electron chi connectivity index (χ1n) is 7.29. The Morgan fingerprint density at radius 1 is 1.29 bits per heavy atom. The Labute approximate surface area is 157 Å². The topological polar surface area (TPSA) is 72.9 Å². The molecule has 0 saturated carbocycles. The number of ether oxygens (including phenoxy) is 2. The SMILES string of the molecule is CCOC(=O)CN1C(=O)SC(=Cc2ccc(OCC)c(I)c2)C1=O. The number of esters is 1. The van der Waals surface area contributed by atoms with Gasteiger partial charge in [-0.25, -0.2) is 0 Å². The Morgan fingerprint density at radius 3 is 2.67 bits per heavy atom. The summed E-state index contributed by atoms with van der Waals surface area (Å²) in [4.78, 5) is 36.9. The molecule has 0 aromatic heterocycles. The lowest BCUT2D eigenvalue weighted by molar-refractivity contribution is -0.145. The first-order chi connectivity index (χ1) is 11.5. The van der Waals surface area contributed by atoms with Gasteiger partial charge < -0.3 is 9.47 Å². The maximum Gasteiger partial charge on any atom is 0.326 e. The van der Waals surface area contributed by atoms with Crippen molar-refractivity contribution in [1.29, 1.82) is 0 Å². The average Bonchev–Trinajstić information content (AvgIpc) is 2.78. The van der Waals surface area contributed by atoms with Gasteiger partial charge in [-0.15, -0.1) is 0 Å². The van der Waals surface area contributed by atoms with Gasteiger partial charge in [0, 0.05) is 0 Å². The quantitative estimate of drug-likeness (QED) is 0.368. The van der Waals surface area contributed by atoms with E-state index >= 15 is 0 Å². The first kappa shape index (κ1) is 18.8. The van der Waals surface area contributed by atoms with Crippen LogP contribution in [0.25, 0.3) is 6.08 Å². The molecule has 0 spiro atoms. The summed E-state index contributed by atoms with van der Waals surface area (Å²) in [5, 5.41) is -0.472. The van der Waals surface area contributed by atoms with Crippen LogP contribution >= 0.6 is 34.4 Å². The molecule has 1 heterocycles. The summed E-state index contributed by atoms with van der Waals surface area (Å²) in [7, 11) is 0. The van der Waals surface area contributed by atoms with Crippen molar-refractivity contribution in [3.63, 3.8) is 0 Å². The van der Waals surface area contributed by atoms with Crippen LogP contribution in [0.4, 0.5) is 4.79 Å². The molecule has 2 rings (SSSR count). The maximum absolute atomic E-state index is 12.3. The van der Waals surface area contributed by atoms with E-state index in [0.717, 1.165) is 31.5 Å². The lowest BCUT2D eigenvalue weighted by Crippen LogP contribution is -2.34. The summed E-state index contributed by atoms with van der Waals surface area (Å²) in [6.07, 6.45) is 1.63. The van der Waals surface area contributed by atoms with E-state index in [0.29, 0.717) is 6.61 Å². The zero-order chi connectivity index (χ0) is 17.7. The van der Waals surface area contributed by atoms with Crippen LogP contribution in [0.15, 0.2) is 23.1 Å². The molecular formula is C16H16INO5S. The van der Waals surface area contributed by atoms with Crippen molar-refractivity contribution >= 4 is 57.5 Å². The van der Waals surface area contributed by atoms with Crippen LogP contribution in [-0.2, 0) is 14.3 Å². The number of benzene rings is 1. The third kappa shape index (κ3) is 4.50. The molecule has 0 radical (unpaired) electrons. The van der Waals surface area contributed by atoms with E-state index in [1.54, 1.807) is 13.0 Å². The van der Waals surface area contributed by atoms with E-state index in [4.69, 9.17) is 9.47 Å². The van der Waals surface area contributed by atoms with Gasteiger partial charge in [-0.3, -0.25) is 19.3 Å². The fourth-order valence-electron chi connectivity index (χ4n) is 2.00. The van der Waals surface area contributed by atoms with Crippen molar-refractivity contribution < 1.29 is 23.9 Å². The lowest BCUT2D eigenvalue weighted by atomic mass is 10.2. The van der Waals surface area contributed by atoms with Gasteiger partial charge >= 0.3 is 5.97 Å². The number of carbonyl (C=O) groups excluding carboxylic acids is 3. The van der Waals surface area contributed by atoms with Gasteiger partial charge in [0.2, 0.25) is 0 Å². The van der Waals surface area contributed by atoms with Crippen molar-refractivity contribution in [2.24, 2.45) is 0 Å². The molecule has 0 atom stereocenters. The number of hydrogen-bond acceptors (Lipinski definition) is 6. The van der Waals surface area contributed by atoms with E-state index in [2.05, 4.69) is 22.6 Å². The van der Waals surface area contributed by atoms with Crippen LogP contribution in [0.3, 0.4) is 0 Å². The van der Waals surface area contributed by atoms with Gasteiger partial charge in [0.15, 0.2) is 0 Å². The van der Waals surface area contributed by atoms with Crippen molar-refractivity contribution in [2.45, 2.75) is 13.8 Å². The molecule has 0 N–H and O–H groups in total. The van der Waals surface area contributed by atoms with E-state index < -0.39 is 17.1 Å². The second kappa shape index (κ2) is 8.52. The molecule has 0 bridgehead atoms. The van der Waals surface area contributed by atoms with Gasteiger partial charge in [-0.05, 0) is 72.0 Å². The number of amides is 2. The molecule has 1 aliphatic heterocycles. The monoisotopic (exact) mass is 461 g/mol. The highest BCUT2D eigenvalue weighted by molar-refractivity contribution is 14.1. The summed E-state index contributed by atoms with van der Waals surface area (Å²) < 4.78 is 11.2. The number of halogens is 1. The molecule has 1 aliphatic rings. The smallest absolute Gasteiger partial charge is 0.326 e. The standard InChI is InChI=1S/C16H16INO5S/c1-3-22-12-6-5-10(7-11(12)17)8-13-15(20)18(16(21)24-13)9-14(19)23-4-2/h5-8H,3-4,9H2,1-2H3. The Hall–Kier alpha value is -1.55. The van der Waals surface area contributed by atoms with Gasteiger partial charge in [-0.2, -0.15) is 0 Å². The minimum atomic E-state index is -0.600. The van der Waals surface area contributed by atoms with Crippen LogP contribution in [-0.4, -0.2) is 41.8 Å². The lowest BCUT2D eigenvalue weighted by Gasteiger charge is -2.10. The fourth-order valence-corrected chi connectivity index (χ4v) is 3.54. The fraction of sp³-hybridized carbons (Fsp3) is 0.312.